The molecule has 1 aliphatic heterocycles. The van der Waals surface area contributed by atoms with Gasteiger partial charge in [0.2, 0.25) is 5.91 Å². The predicted octanol–water partition coefficient (Wildman–Crippen LogP) is 2.18. The van der Waals surface area contributed by atoms with Crippen LogP contribution in [0.1, 0.15) is 37.9 Å². The average molecular weight is 295 g/mol. The van der Waals surface area contributed by atoms with Crippen LogP contribution in [0.25, 0.3) is 0 Å². The van der Waals surface area contributed by atoms with Gasteiger partial charge in [0.05, 0.1) is 6.10 Å². The fourth-order valence-electron chi connectivity index (χ4n) is 2.54. The van der Waals surface area contributed by atoms with E-state index in [0.717, 1.165) is 12.8 Å². The Balaban J connectivity index is 1.81. The van der Waals surface area contributed by atoms with Crippen LogP contribution in [0.4, 0.5) is 4.39 Å². The molecule has 0 bridgehead atoms. The number of rotatable bonds is 5. The Kier molecular flexibility index (Phi) is 5.70. The molecular formula is C16H22FNO3. The van der Waals surface area contributed by atoms with Gasteiger partial charge in [0.25, 0.3) is 0 Å². The zero-order chi connectivity index (χ0) is 15.2. The molecule has 21 heavy (non-hydrogen) atoms. The molecule has 0 spiro atoms. The average Bonchev–Trinajstić information content (AvgIpc) is 2.48. The Bertz CT molecular complexity index is 457. The molecular weight excluding hydrogens is 273 g/mol. The number of amides is 1. The molecule has 2 rings (SSSR count). The molecule has 1 heterocycles. The summed E-state index contributed by atoms with van der Waals surface area (Å²) in [5.41, 5.74) is 0.656. The molecule has 4 nitrogen and oxygen atoms in total. The van der Waals surface area contributed by atoms with E-state index >= 15 is 0 Å². The summed E-state index contributed by atoms with van der Waals surface area (Å²) in [7, 11) is 0. The van der Waals surface area contributed by atoms with Crippen LogP contribution in [-0.2, 0) is 9.53 Å². The molecule has 0 aromatic heterocycles. The second kappa shape index (κ2) is 7.52. The second-order valence-electron chi connectivity index (χ2n) is 5.60. The standard InChI is InChI=1S/C16H22FNO3/c1-11(18-16(20)13-6-8-21-9-7-13)10-15(19)12-2-4-14(17)5-3-12/h2-5,11,13,15,19H,6-10H2,1H3,(H,18,20). The van der Waals surface area contributed by atoms with E-state index in [1.54, 1.807) is 12.1 Å². The molecule has 0 aliphatic carbocycles. The van der Waals surface area contributed by atoms with Crippen molar-refractivity contribution in [2.75, 3.05) is 13.2 Å². The summed E-state index contributed by atoms with van der Waals surface area (Å²) in [6, 6.07) is 5.63. The Morgan fingerprint density at radius 3 is 2.62 bits per heavy atom. The van der Waals surface area contributed by atoms with Crippen LogP contribution in [0, 0.1) is 11.7 Å². The van der Waals surface area contributed by atoms with Crippen molar-refractivity contribution in [1.82, 2.24) is 5.32 Å². The molecule has 1 saturated heterocycles. The minimum atomic E-state index is -0.712. The van der Waals surface area contributed by atoms with E-state index in [9.17, 15) is 14.3 Å². The highest BCUT2D eigenvalue weighted by atomic mass is 19.1. The first-order valence-corrected chi connectivity index (χ1v) is 7.38. The Morgan fingerprint density at radius 1 is 1.38 bits per heavy atom. The fourth-order valence-corrected chi connectivity index (χ4v) is 2.54. The van der Waals surface area contributed by atoms with Gasteiger partial charge in [-0.2, -0.15) is 0 Å². The van der Waals surface area contributed by atoms with Gasteiger partial charge in [-0.15, -0.1) is 0 Å². The Labute approximate surface area is 124 Å². The molecule has 1 amide bonds. The number of carbonyl (C=O) groups excluding carboxylic acids is 1. The summed E-state index contributed by atoms with van der Waals surface area (Å²) >= 11 is 0. The van der Waals surface area contributed by atoms with E-state index in [2.05, 4.69) is 5.32 Å². The van der Waals surface area contributed by atoms with Crippen LogP contribution in [0.2, 0.25) is 0 Å². The van der Waals surface area contributed by atoms with Gasteiger partial charge in [0.15, 0.2) is 0 Å². The summed E-state index contributed by atoms with van der Waals surface area (Å²) in [5.74, 6) is -0.298. The first kappa shape index (κ1) is 15.9. The summed E-state index contributed by atoms with van der Waals surface area (Å²) in [4.78, 5) is 12.1. The van der Waals surface area contributed by atoms with Gasteiger partial charge in [-0.3, -0.25) is 4.79 Å². The number of ether oxygens (including phenoxy) is 1. The number of halogens is 1. The van der Waals surface area contributed by atoms with Crippen LogP contribution >= 0.6 is 0 Å². The van der Waals surface area contributed by atoms with Crippen molar-refractivity contribution in [3.63, 3.8) is 0 Å². The van der Waals surface area contributed by atoms with Gasteiger partial charge < -0.3 is 15.2 Å². The zero-order valence-electron chi connectivity index (χ0n) is 12.2. The lowest BCUT2D eigenvalue weighted by molar-refractivity contribution is -0.128. The maximum atomic E-state index is 12.8. The molecule has 1 aromatic carbocycles. The van der Waals surface area contributed by atoms with Crippen molar-refractivity contribution in [3.8, 4) is 0 Å². The molecule has 1 aromatic rings. The summed E-state index contributed by atoms with van der Waals surface area (Å²) in [6.07, 6.45) is 1.19. The van der Waals surface area contributed by atoms with Gasteiger partial charge in [-0.25, -0.2) is 4.39 Å². The van der Waals surface area contributed by atoms with E-state index in [1.165, 1.54) is 12.1 Å². The number of aliphatic hydroxyl groups excluding tert-OH is 1. The van der Waals surface area contributed by atoms with Crippen molar-refractivity contribution in [2.45, 2.75) is 38.3 Å². The highest BCUT2D eigenvalue weighted by Crippen LogP contribution is 2.20. The lowest BCUT2D eigenvalue weighted by Crippen LogP contribution is -2.40. The van der Waals surface area contributed by atoms with Crippen molar-refractivity contribution < 1.29 is 19.0 Å². The quantitative estimate of drug-likeness (QED) is 0.875. The molecule has 116 valence electrons. The van der Waals surface area contributed by atoms with Crippen molar-refractivity contribution >= 4 is 5.91 Å². The van der Waals surface area contributed by atoms with Gasteiger partial charge in [-0.05, 0) is 43.9 Å². The monoisotopic (exact) mass is 295 g/mol. The topological polar surface area (TPSA) is 58.6 Å². The predicted molar refractivity (Wildman–Crippen MR) is 77.1 cm³/mol. The Hall–Kier alpha value is -1.46. The third kappa shape index (κ3) is 4.79. The first-order chi connectivity index (χ1) is 10.1. The molecule has 0 radical (unpaired) electrons. The number of nitrogens with one attached hydrogen (secondary N) is 1. The molecule has 2 atom stereocenters. The van der Waals surface area contributed by atoms with Gasteiger partial charge in [0, 0.05) is 25.2 Å². The third-order valence-electron chi connectivity index (χ3n) is 3.81. The second-order valence-corrected chi connectivity index (χ2v) is 5.60. The smallest absolute Gasteiger partial charge is 0.223 e. The lowest BCUT2D eigenvalue weighted by atomic mass is 9.98. The number of carbonyl (C=O) groups is 1. The van der Waals surface area contributed by atoms with Crippen molar-refractivity contribution in [3.05, 3.63) is 35.6 Å². The van der Waals surface area contributed by atoms with Crippen LogP contribution in [-0.4, -0.2) is 30.3 Å². The molecule has 5 heteroatoms. The van der Waals surface area contributed by atoms with E-state index in [1.807, 2.05) is 6.92 Å². The SMILES string of the molecule is CC(CC(O)c1ccc(F)cc1)NC(=O)C1CCOCC1. The maximum absolute atomic E-state index is 12.8. The zero-order valence-corrected chi connectivity index (χ0v) is 12.2. The summed E-state index contributed by atoms with van der Waals surface area (Å²) < 4.78 is 18.1. The minimum absolute atomic E-state index is 0.00386. The number of benzene rings is 1. The van der Waals surface area contributed by atoms with Crippen LogP contribution in [0.5, 0.6) is 0 Å². The maximum Gasteiger partial charge on any atom is 0.223 e. The van der Waals surface area contributed by atoms with Crippen LogP contribution < -0.4 is 5.32 Å². The van der Waals surface area contributed by atoms with Gasteiger partial charge in [0.1, 0.15) is 5.82 Å². The summed E-state index contributed by atoms with van der Waals surface area (Å²) in [6.45, 7) is 3.12. The molecule has 2 N–H and O–H groups in total. The Morgan fingerprint density at radius 2 is 2.00 bits per heavy atom. The van der Waals surface area contributed by atoms with Crippen molar-refractivity contribution in [1.29, 1.82) is 0 Å². The molecule has 1 fully saturated rings. The molecule has 0 saturated carbocycles. The van der Waals surface area contributed by atoms with E-state index in [0.29, 0.717) is 25.2 Å². The normalized spacial score (nSPS) is 19.0. The highest BCUT2D eigenvalue weighted by molar-refractivity contribution is 5.78. The first-order valence-electron chi connectivity index (χ1n) is 7.38. The summed E-state index contributed by atoms with van der Waals surface area (Å²) in [5, 5.41) is 13.0. The van der Waals surface area contributed by atoms with Crippen LogP contribution in [0.3, 0.4) is 0 Å². The lowest BCUT2D eigenvalue weighted by Gasteiger charge is -2.24. The van der Waals surface area contributed by atoms with Crippen LogP contribution in [0.15, 0.2) is 24.3 Å². The third-order valence-corrected chi connectivity index (χ3v) is 3.81. The molecule has 1 aliphatic rings. The van der Waals surface area contributed by atoms with E-state index in [-0.39, 0.29) is 23.7 Å². The largest absolute Gasteiger partial charge is 0.388 e. The number of hydrogen-bond donors (Lipinski definition) is 2. The van der Waals surface area contributed by atoms with Gasteiger partial charge in [-0.1, -0.05) is 12.1 Å². The van der Waals surface area contributed by atoms with E-state index in [4.69, 9.17) is 4.74 Å². The molecule has 2 unspecified atom stereocenters. The van der Waals surface area contributed by atoms with Gasteiger partial charge >= 0.3 is 0 Å². The number of hydrogen-bond acceptors (Lipinski definition) is 3. The van der Waals surface area contributed by atoms with Crippen molar-refractivity contribution in [2.24, 2.45) is 5.92 Å². The fraction of sp³-hybridized carbons (Fsp3) is 0.562. The number of aliphatic hydroxyl groups is 1. The van der Waals surface area contributed by atoms with E-state index < -0.39 is 6.10 Å². The minimum Gasteiger partial charge on any atom is -0.388 e. The highest BCUT2D eigenvalue weighted by Gasteiger charge is 2.23.